The molecular formula is C14H14N2O2. The molecule has 4 nitrogen and oxygen atoms in total. The Kier molecular flexibility index (Phi) is 3.98. The largest absolute Gasteiger partial charge is 0.481 e. The van der Waals surface area contributed by atoms with Crippen molar-refractivity contribution >= 4 is 0 Å². The maximum atomic E-state index is 5.54. The monoisotopic (exact) mass is 242 g/mol. The van der Waals surface area contributed by atoms with Crippen molar-refractivity contribution in [3.05, 3.63) is 30.2 Å². The molecule has 0 saturated heterocycles. The van der Waals surface area contributed by atoms with Crippen molar-refractivity contribution in [1.82, 2.24) is 10.2 Å². The fourth-order valence-electron chi connectivity index (χ4n) is 1.50. The highest BCUT2D eigenvalue weighted by Crippen LogP contribution is 2.21. The van der Waals surface area contributed by atoms with Crippen LogP contribution in [0.1, 0.15) is 19.2 Å². The fraction of sp³-hybridized carbons (Fsp3) is 0.286. The summed E-state index contributed by atoms with van der Waals surface area (Å²) < 4.78 is 10.8. The van der Waals surface area contributed by atoms with Crippen LogP contribution in [0.2, 0.25) is 0 Å². The average molecular weight is 242 g/mol. The molecule has 1 aromatic heterocycles. The van der Waals surface area contributed by atoms with Crippen LogP contribution in [0.3, 0.4) is 0 Å². The van der Waals surface area contributed by atoms with E-state index >= 15 is 0 Å². The van der Waals surface area contributed by atoms with E-state index < -0.39 is 0 Å². The van der Waals surface area contributed by atoms with Gasteiger partial charge in [0.15, 0.2) is 0 Å². The van der Waals surface area contributed by atoms with Crippen LogP contribution in [0.5, 0.6) is 5.75 Å². The minimum atomic E-state index is 0.264. The first kappa shape index (κ1) is 12.2. The normalized spacial score (nSPS) is 10.0. The Labute approximate surface area is 106 Å². The molecule has 1 heterocycles. The van der Waals surface area contributed by atoms with Gasteiger partial charge in [0.05, 0.1) is 0 Å². The number of hydrogen-bond acceptors (Lipinski definition) is 4. The van der Waals surface area contributed by atoms with Gasteiger partial charge in [-0.15, -0.1) is 16.6 Å². The predicted molar refractivity (Wildman–Crippen MR) is 68.1 cm³/mol. The maximum Gasteiger partial charge on any atom is 0.247 e. The number of benzene rings is 1. The molecule has 1 aromatic carbocycles. The Hall–Kier alpha value is -2.28. The van der Waals surface area contributed by atoms with Gasteiger partial charge in [-0.3, -0.25) is 0 Å². The Morgan fingerprint density at radius 2 is 2.06 bits per heavy atom. The van der Waals surface area contributed by atoms with E-state index in [0.29, 0.717) is 11.8 Å². The molecule has 92 valence electrons. The third-order valence-electron chi connectivity index (χ3n) is 2.35. The van der Waals surface area contributed by atoms with Gasteiger partial charge < -0.3 is 9.15 Å². The highest BCUT2D eigenvalue weighted by Gasteiger charge is 2.07. The Morgan fingerprint density at radius 1 is 1.28 bits per heavy atom. The van der Waals surface area contributed by atoms with Crippen LogP contribution in [-0.4, -0.2) is 16.8 Å². The van der Waals surface area contributed by atoms with Gasteiger partial charge in [-0.1, -0.05) is 12.8 Å². The van der Waals surface area contributed by atoms with Crippen molar-refractivity contribution in [3.63, 3.8) is 0 Å². The van der Waals surface area contributed by atoms with E-state index in [-0.39, 0.29) is 6.61 Å². The Morgan fingerprint density at radius 3 is 2.72 bits per heavy atom. The summed E-state index contributed by atoms with van der Waals surface area (Å²) >= 11 is 0. The Balaban J connectivity index is 2.10. The van der Waals surface area contributed by atoms with E-state index in [9.17, 15) is 0 Å². The first-order valence-corrected chi connectivity index (χ1v) is 5.82. The van der Waals surface area contributed by atoms with E-state index in [1.54, 1.807) is 0 Å². The molecular weight excluding hydrogens is 228 g/mol. The van der Waals surface area contributed by atoms with E-state index in [1.807, 2.05) is 24.3 Å². The van der Waals surface area contributed by atoms with Gasteiger partial charge in [-0.05, 0) is 30.7 Å². The summed E-state index contributed by atoms with van der Waals surface area (Å²) in [7, 11) is 0. The zero-order chi connectivity index (χ0) is 12.8. The molecule has 0 aliphatic rings. The van der Waals surface area contributed by atoms with E-state index in [1.165, 1.54) is 0 Å². The van der Waals surface area contributed by atoms with Crippen molar-refractivity contribution in [2.75, 3.05) is 6.61 Å². The summed E-state index contributed by atoms with van der Waals surface area (Å²) in [6.45, 7) is 2.34. The van der Waals surface area contributed by atoms with Crippen LogP contribution in [0.4, 0.5) is 0 Å². The number of aryl methyl sites for hydroxylation is 1. The highest BCUT2D eigenvalue weighted by molar-refractivity contribution is 5.53. The summed E-state index contributed by atoms with van der Waals surface area (Å²) in [5.74, 6) is 4.34. The maximum absolute atomic E-state index is 5.54. The summed E-state index contributed by atoms with van der Waals surface area (Å²) in [4.78, 5) is 0. The third-order valence-corrected chi connectivity index (χ3v) is 2.35. The lowest BCUT2D eigenvalue weighted by Gasteiger charge is -2.01. The topological polar surface area (TPSA) is 48.2 Å². The minimum Gasteiger partial charge on any atom is -0.481 e. The van der Waals surface area contributed by atoms with E-state index in [0.717, 1.165) is 24.2 Å². The SMILES string of the molecule is C#CCOc1ccc(-c2nnc(CCC)o2)cc1. The first-order valence-electron chi connectivity index (χ1n) is 5.82. The molecule has 0 bridgehead atoms. The predicted octanol–water partition coefficient (Wildman–Crippen LogP) is 2.70. The second kappa shape index (κ2) is 5.87. The number of terminal acetylenes is 1. The van der Waals surface area contributed by atoms with Crippen molar-refractivity contribution in [2.45, 2.75) is 19.8 Å². The van der Waals surface area contributed by atoms with Crippen molar-refractivity contribution in [1.29, 1.82) is 0 Å². The molecule has 0 N–H and O–H groups in total. The van der Waals surface area contributed by atoms with Crippen LogP contribution in [0.25, 0.3) is 11.5 Å². The highest BCUT2D eigenvalue weighted by atomic mass is 16.5. The quantitative estimate of drug-likeness (QED) is 0.756. The van der Waals surface area contributed by atoms with Crippen molar-refractivity contribution in [2.24, 2.45) is 0 Å². The van der Waals surface area contributed by atoms with Crippen LogP contribution < -0.4 is 4.74 Å². The summed E-state index contributed by atoms with van der Waals surface area (Å²) in [5, 5.41) is 7.99. The second-order valence-corrected chi connectivity index (χ2v) is 3.77. The molecule has 2 rings (SSSR count). The van der Waals surface area contributed by atoms with E-state index in [4.69, 9.17) is 15.6 Å². The number of hydrogen-bond donors (Lipinski definition) is 0. The van der Waals surface area contributed by atoms with Crippen LogP contribution >= 0.6 is 0 Å². The van der Waals surface area contributed by atoms with Gasteiger partial charge in [-0.2, -0.15) is 0 Å². The zero-order valence-corrected chi connectivity index (χ0v) is 10.2. The molecule has 0 unspecified atom stereocenters. The lowest BCUT2D eigenvalue weighted by molar-refractivity contribution is 0.370. The minimum absolute atomic E-state index is 0.264. The third kappa shape index (κ3) is 2.89. The number of aromatic nitrogens is 2. The van der Waals surface area contributed by atoms with Crippen molar-refractivity contribution < 1.29 is 9.15 Å². The number of ether oxygens (including phenoxy) is 1. The summed E-state index contributed by atoms with van der Waals surface area (Å²) in [6.07, 6.45) is 6.91. The molecule has 0 atom stereocenters. The van der Waals surface area contributed by atoms with Gasteiger partial charge >= 0.3 is 0 Å². The molecule has 0 fully saturated rings. The van der Waals surface area contributed by atoms with E-state index in [2.05, 4.69) is 23.0 Å². The molecule has 0 saturated carbocycles. The summed E-state index contributed by atoms with van der Waals surface area (Å²) in [5.41, 5.74) is 0.873. The van der Waals surface area contributed by atoms with Gasteiger partial charge in [0, 0.05) is 12.0 Å². The van der Waals surface area contributed by atoms with Gasteiger partial charge in [0.1, 0.15) is 12.4 Å². The standard InChI is InChI=1S/C14H14N2O2/c1-3-5-13-15-16-14(18-13)11-6-8-12(9-7-11)17-10-4-2/h2,6-9H,3,5,10H2,1H3. The number of nitrogens with zero attached hydrogens (tertiary/aromatic N) is 2. The van der Waals surface area contributed by atoms with Crippen LogP contribution in [-0.2, 0) is 6.42 Å². The smallest absolute Gasteiger partial charge is 0.247 e. The fourth-order valence-corrected chi connectivity index (χ4v) is 1.50. The van der Waals surface area contributed by atoms with Crippen LogP contribution in [0.15, 0.2) is 28.7 Å². The molecule has 0 amide bonds. The van der Waals surface area contributed by atoms with Crippen molar-refractivity contribution in [3.8, 4) is 29.5 Å². The molecule has 0 aliphatic carbocycles. The van der Waals surface area contributed by atoms with Gasteiger partial charge in [0.25, 0.3) is 0 Å². The lowest BCUT2D eigenvalue weighted by atomic mass is 10.2. The van der Waals surface area contributed by atoms with Gasteiger partial charge in [0.2, 0.25) is 11.8 Å². The first-order chi connectivity index (χ1) is 8.83. The average Bonchev–Trinajstić information content (AvgIpc) is 2.86. The van der Waals surface area contributed by atoms with Gasteiger partial charge in [-0.25, -0.2) is 0 Å². The molecule has 0 spiro atoms. The second-order valence-electron chi connectivity index (χ2n) is 3.77. The molecule has 0 radical (unpaired) electrons. The molecule has 2 aromatic rings. The van der Waals surface area contributed by atoms with Crippen LogP contribution in [0, 0.1) is 12.3 Å². The Bertz CT molecular complexity index is 538. The molecule has 18 heavy (non-hydrogen) atoms. The zero-order valence-electron chi connectivity index (χ0n) is 10.2. The number of rotatable bonds is 5. The summed E-state index contributed by atoms with van der Waals surface area (Å²) in [6, 6.07) is 7.40. The lowest BCUT2D eigenvalue weighted by Crippen LogP contribution is -1.92. The molecule has 4 heteroatoms. The molecule has 0 aliphatic heterocycles.